The summed E-state index contributed by atoms with van der Waals surface area (Å²) in [6.07, 6.45) is 0.671. The molecule has 6 nitrogen and oxygen atoms in total. The largest absolute Gasteiger partial charge is 0.507 e. The minimum atomic E-state index is -0.657. The summed E-state index contributed by atoms with van der Waals surface area (Å²) in [6.45, 7) is 2.49. The van der Waals surface area contributed by atoms with Gasteiger partial charge in [-0.1, -0.05) is 13.3 Å². The Bertz CT molecular complexity index is 162. The maximum absolute atomic E-state index is 10.2. The second kappa shape index (κ2) is 12.5. The summed E-state index contributed by atoms with van der Waals surface area (Å²) >= 11 is 0. The number of carbonyl (C=O) groups excluding carboxylic acids is 2. The summed E-state index contributed by atoms with van der Waals surface area (Å²) in [5, 5.41) is 0. The van der Waals surface area contributed by atoms with Gasteiger partial charge in [0.05, 0.1) is 27.9 Å². The third kappa shape index (κ3) is 15.3. The zero-order valence-electron chi connectivity index (χ0n) is 9.57. The van der Waals surface area contributed by atoms with Crippen molar-refractivity contribution in [3.63, 3.8) is 0 Å². The number of unbranched alkanes of at least 4 members (excludes halogenated alkanes) is 1. The lowest BCUT2D eigenvalue weighted by Gasteiger charge is -1.99. The SMILES string of the molecule is CCCCOC(=O)OC.COC(=O)OC. The predicted octanol–water partition coefficient (Wildman–Crippen LogP) is 1.97. The van der Waals surface area contributed by atoms with Crippen LogP contribution in [0.15, 0.2) is 0 Å². The highest BCUT2D eigenvalue weighted by Gasteiger charge is 1.96. The molecule has 0 radical (unpaired) electrons. The molecule has 0 rings (SSSR count). The van der Waals surface area contributed by atoms with E-state index in [-0.39, 0.29) is 0 Å². The lowest BCUT2D eigenvalue weighted by atomic mass is 10.4. The number of hydrogen-bond acceptors (Lipinski definition) is 6. The Labute approximate surface area is 89.4 Å². The maximum atomic E-state index is 10.2. The Morgan fingerprint density at radius 3 is 1.67 bits per heavy atom. The van der Waals surface area contributed by atoms with E-state index < -0.39 is 12.3 Å². The molecule has 0 aliphatic rings. The molecule has 0 saturated carbocycles. The number of carbonyl (C=O) groups is 2. The van der Waals surface area contributed by atoms with Crippen molar-refractivity contribution in [2.24, 2.45) is 0 Å². The molecule has 90 valence electrons. The van der Waals surface area contributed by atoms with E-state index in [1.165, 1.54) is 21.3 Å². The van der Waals surface area contributed by atoms with Gasteiger partial charge in [-0.2, -0.15) is 0 Å². The fraction of sp³-hybridized carbons (Fsp3) is 0.778. The van der Waals surface area contributed by atoms with Crippen molar-refractivity contribution >= 4 is 12.3 Å². The van der Waals surface area contributed by atoms with Gasteiger partial charge in [-0.25, -0.2) is 9.59 Å². The van der Waals surface area contributed by atoms with Crippen molar-refractivity contribution in [3.8, 4) is 0 Å². The van der Waals surface area contributed by atoms with Crippen LogP contribution >= 0.6 is 0 Å². The summed E-state index contributed by atoms with van der Waals surface area (Å²) in [7, 11) is 3.81. The van der Waals surface area contributed by atoms with Crippen molar-refractivity contribution in [3.05, 3.63) is 0 Å². The molecular weight excluding hydrogens is 204 g/mol. The van der Waals surface area contributed by atoms with Crippen LogP contribution in [0.2, 0.25) is 0 Å². The normalized spacial score (nSPS) is 8.00. The lowest BCUT2D eigenvalue weighted by Crippen LogP contribution is -2.04. The Kier molecular flexibility index (Phi) is 13.4. The highest BCUT2D eigenvalue weighted by atomic mass is 16.7. The zero-order valence-corrected chi connectivity index (χ0v) is 9.57. The molecule has 15 heavy (non-hydrogen) atoms. The van der Waals surface area contributed by atoms with Crippen molar-refractivity contribution in [1.82, 2.24) is 0 Å². The summed E-state index contributed by atoms with van der Waals surface area (Å²) < 4.78 is 16.9. The molecular formula is C9H18O6. The van der Waals surface area contributed by atoms with Crippen LogP contribution in [0.3, 0.4) is 0 Å². The first-order valence-corrected chi connectivity index (χ1v) is 4.45. The first kappa shape index (κ1) is 16.0. The lowest BCUT2D eigenvalue weighted by molar-refractivity contribution is 0.0717. The van der Waals surface area contributed by atoms with E-state index in [4.69, 9.17) is 0 Å². The molecule has 0 spiro atoms. The molecule has 0 unspecified atom stereocenters. The smallest absolute Gasteiger partial charge is 0.438 e. The van der Waals surface area contributed by atoms with Gasteiger partial charge in [0.2, 0.25) is 0 Å². The molecule has 0 heterocycles. The highest BCUT2D eigenvalue weighted by molar-refractivity contribution is 5.59. The van der Waals surface area contributed by atoms with Gasteiger partial charge >= 0.3 is 12.3 Å². The van der Waals surface area contributed by atoms with Gasteiger partial charge in [-0.3, -0.25) is 0 Å². The van der Waals surface area contributed by atoms with E-state index in [1.54, 1.807) is 0 Å². The van der Waals surface area contributed by atoms with Crippen LogP contribution in [0.4, 0.5) is 9.59 Å². The van der Waals surface area contributed by atoms with E-state index in [0.717, 1.165) is 12.8 Å². The fourth-order valence-corrected chi connectivity index (χ4v) is 0.442. The van der Waals surface area contributed by atoms with E-state index in [2.05, 4.69) is 18.9 Å². The van der Waals surface area contributed by atoms with Gasteiger partial charge in [-0.15, -0.1) is 0 Å². The van der Waals surface area contributed by atoms with E-state index in [0.29, 0.717) is 6.61 Å². The minimum Gasteiger partial charge on any atom is -0.438 e. The molecule has 0 atom stereocenters. The van der Waals surface area contributed by atoms with Crippen LogP contribution in [0, 0.1) is 0 Å². The summed E-state index contributed by atoms with van der Waals surface area (Å²) in [4.78, 5) is 20.0. The minimum absolute atomic E-state index is 0.461. The van der Waals surface area contributed by atoms with Crippen molar-refractivity contribution < 1.29 is 28.5 Å². The first-order chi connectivity index (χ1) is 7.12. The van der Waals surface area contributed by atoms with Crippen LogP contribution in [0.5, 0.6) is 0 Å². The van der Waals surface area contributed by atoms with Gasteiger partial charge in [-0.05, 0) is 6.42 Å². The first-order valence-electron chi connectivity index (χ1n) is 4.45. The maximum Gasteiger partial charge on any atom is 0.507 e. The molecule has 0 aliphatic heterocycles. The second-order valence-corrected chi connectivity index (χ2v) is 2.31. The van der Waals surface area contributed by atoms with Crippen LogP contribution < -0.4 is 0 Å². The quantitative estimate of drug-likeness (QED) is 0.537. The predicted molar refractivity (Wildman–Crippen MR) is 52.7 cm³/mol. The van der Waals surface area contributed by atoms with Gasteiger partial charge in [0.1, 0.15) is 0 Å². The highest BCUT2D eigenvalue weighted by Crippen LogP contribution is 1.89. The third-order valence-corrected chi connectivity index (χ3v) is 1.22. The van der Waals surface area contributed by atoms with Crippen LogP contribution in [-0.2, 0) is 18.9 Å². The van der Waals surface area contributed by atoms with Gasteiger partial charge in [0.15, 0.2) is 0 Å². The molecule has 0 N–H and O–H groups in total. The zero-order chi connectivity index (χ0) is 12.1. The van der Waals surface area contributed by atoms with E-state index >= 15 is 0 Å². The number of methoxy groups -OCH3 is 3. The van der Waals surface area contributed by atoms with E-state index in [1.807, 2.05) is 6.92 Å². The molecule has 0 aromatic rings. The molecule has 0 fully saturated rings. The molecule has 6 heteroatoms. The van der Waals surface area contributed by atoms with Gasteiger partial charge in [0.25, 0.3) is 0 Å². The van der Waals surface area contributed by atoms with Crippen LogP contribution in [0.1, 0.15) is 19.8 Å². The summed E-state index contributed by atoms with van der Waals surface area (Å²) in [6, 6.07) is 0. The van der Waals surface area contributed by atoms with Crippen molar-refractivity contribution in [2.75, 3.05) is 27.9 Å². The average molecular weight is 222 g/mol. The standard InChI is InChI=1S/C6H12O3.C3H6O3/c1-3-4-5-9-6(7)8-2;1-5-3(4)6-2/h3-5H2,1-2H3;1-2H3. The molecule has 0 aromatic carbocycles. The average Bonchev–Trinajstić information content (AvgIpc) is 2.28. The molecule has 0 aliphatic carbocycles. The Balaban J connectivity index is 0. The number of ether oxygens (including phenoxy) is 4. The second-order valence-electron chi connectivity index (χ2n) is 2.31. The van der Waals surface area contributed by atoms with Crippen molar-refractivity contribution in [2.45, 2.75) is 19.8 Å². The molecule has 0 bridgehead atoms. The Morgan fingerprint density at radius 1 is 0.933 bits per heavy atom. The third-order valence-electron chi connectivity index (χ3n) is 1.22. The van der Waals surface area contributed by atoms with Gasteiger partial charge in [0, 0.05) is 0 Å². The van der Waals surface area contributed by atoms with E-state index in [9.17, 15) is 9.59 Å². The molecule has 0 saturated heterocycles. The number of hydrogen-bond donors (Lipinski definition) is 0. The van der Waals surface area contributed by atoms with Crippen LogP contribution in [-0.4, -0.2) is 40.2 Å². The van der Waals surface area contributed by atoms with Gasteiger partial charge < -0.3 is 18.9 Å². The molecule has 0 amide bonds. The van der Waals surface area contributed by atoms with Crippen molar-refractivity contribution in [1.29, 1.82) is 0 Å². The monoisotopic (exact) mass is 222 g/mol. The number of rotatable bonds is 3. The molecule has 0 aromatic heterocycles. The van der Waals surface area contributed by atoms with Crippen LogP contribution in [0.25, 0.3) is 0 Å². The summed E-state index contributed by atoms with van der Waals surface area (Å²) in [5.41, 5.74) is 0. The topological polar surface area (TPSA) is 71.1 Å². The fourth-order valence-electron chi connectivity index (χ4n) is 0.442. The summed E-state index contributed by atoms with van der Waals surface area (Å²) in [5.74, 6) is 0. The Morgan fingerprint density at radius 2 is 1.40 bits per heavy atom. The Hall–Kier alpha value is -1.46.